The molecule has 1 amide bonds. The van der Waals surface area contributed by atoms with E-state index in [1.807, 2.05) is 6.92 Å². The van der Waals surface area contributed by atoms with Crippen LogP contribution in [0.3, 0.4) is 0 Å². The number of amides is 1. The first-order chi connectivity index (χ1) is 9.29. The second-order valence-corrected chi connectivity index (χ2v) is 5.17. The number of rotatable bonds is 5. The Kier molecular flexibility index (Phi) is 5.19. The molecule has 1 aliphatic rings. The van der Waals surface area contributed by atoms with Gasteiger partial charge in [0.25, 0.3) is 5.91 Å². The molecule has 0 aromatic carbocycles. The number of aromatic nitrogens is 1. The Balaban J connectivity index is 1.86. The third-order valence-corrected chi connectivity index (χ3v) is 3.66. The van der Waals surface area contributed by atoms with Gasteiger partial charge < -0.3 is 10.6 Å². The Morgan fingerprint density at radius 2 is 2.16 bits per heavy atom. The van der Waals surface area contributed by atoms with E-state index in [9.17, 15) is 4.79 Å². The van der Waals surface area contributed by atoms with Crippen LogP contribution in [0.5, 0.6) is 0 Å². The molecule has 0 spiro atoms. The maximum absolute atomic E-state index is 12.1. The van der Waals surface area contributed by atoms with Crippen LogP contribution in [0.2, 0.25) is 0 Å². The summed E-state index contributed by atoms with van der Waals surface area (Å²) in [6, 6.07) is 3.57. The van der Waals surface area contributed by atoms with Gasteiger partial charge in [0.05, 0.1) is 0 Å². The molecule has 4 heteroatoms. The highest BCUT2D eigenvalue weighted by atomic mass is 16.1. The first kappa shape index (κ1) is 13.8. The van der Waals surface area contributed by atoms with E-state index in [0.29, 0.717) is 11.5 Å². The summed E-state index contributed by atoms with van der Waals surface area (Å²) in [5, 5.41) is 6.16. The first-order valence-electron chi connectivity index (χ1n) is 7.27. The Morgan fingerprint density at radius 1 is 1.37 bits per heavy atom. The minimum Gasteiger partial charge on any atom is -0.370 e. The Hall–Kier alpha value is -1.58. The molecule has 1 heterocycles. The topological polar surface area (TPSA) is 54.0 Å². The van der Waals surface area contributed by atoms with Crippen LogP contribution in [0.25, 0.3) is 0 Å². The summed E-state index contributed by atoms with van der Waals surface area (Å²) in [7, 11) is 0. The highest BCUT2D eigenvalue weighted by molar-refractivity contribution is 5.94. The van der Waals surface area contributed by atoms with Gasteiger partial charge in [-0.25, -0.2) is 4.98 Å². The summed E-state index contributed by atoms with van der Waals surface area (Å²) < 4.78 is 0. The van der Waals surface area contributed by atoms with Gasteiger partial charge in [-0.15, -0.1) is 0 Å². The molecule has 0 radical (unpaired) electrons. The third-order valence-electron chi connectivity index (χ3n) is 3.66. The van der Waals surface area contributed by atoms with Crippen LogP contribution in [0.15, 0.2) is 18.3 Å². The van der Waals surface area contributed by atoms with Crippen LogP contribution in [-0.4, -0.2) is 24.0 Å². The molecule has 1 saturated carbocycles. The largest absolute Gasteiger partial charge is 0.370 e. The van der Waals surface area contributed by atoms with Crippen molar-refractivity contribution in [2.24, 2.45) is 5.92 Å². The predicted octanol–water partition coefficient (Wildman–Crippen LogP) is 2.82. The molecule has 2 N–H and O–H groups in total. The molecule has 0 aliphatic heterocycles. The van der Waals surface area contributed by atoms with E-state index in [4.69, 9.17) is 0 Å². The van der Waals surface area contributed by atoms with Crippen molar-refractivity contribution in [3.8, 4) is 0 Å². The fraction of sp³-hybridized carbons (Fsp3) is 0.600. The van der Waals surface area contributed by atoms with Crippen molar-refractivity contribution >= 4 is 11.7 Å². The summed E-state index contributed by atoms with van der Waals surface area (Å²) in [5.74, 6) is 1.42. The van der Waals surface area contributed by atoms with Crippen LogP contribution in [-0.2, 0) is 0 Å². The van der Waals surface area contributed by atoms with Crippen LogP contribution in [0.1, 0.15) is 49.4 Å². The Bertz CT molecular complexity index is 414. The molecule has 0 bridgehead atoms. The maximum Gasteiger partial charge on any atom is 0.251 e. The smallest absolute Gasteiger partial charge is 0.251 e. The minimum atomic E-state index is 0.00660. The number of carbonyl (C=O) groups is 1. The highest BCUT2D eigenvalue weighted by Gasteiger charge is 2.15. The van der Waals surface area contributed by atoms with E-state index >= 15 is 0 Å². The van der Waals surface area contributed by atoms with Crippen LogP contribution in [0, 0.1) is 5.92 Å². The SMILES string of the molecule is CCNc1cc(C(=O)NCC2CCCCC2)ccn1. The number of carbonyl (C=O) groups excluding carboxylic acids is 1. The van der Waals surface area contributed by atoms with Gasteiger partial charge in [-0.1, -0.05) is 19.3 Å². The normalized spacial score (nSPS) is 16.1. The van der Waals surface area contributed by atoms with Gasteiger partial charge in [-0.05, 0) is 37.8 Å². The molecule has 1 aromatic heterocycles. The van der Waals surface area contributed by atoms with E-state index in [1.165, 1.54) is 32.1 Å². The van der Waals surface area contributed by atoms with Crippen LogP contribution in [0.4, 0.5) is 5.82 Å². The summed E-state index contributed by atoms with van der Waals surface area (Å²) in [6.07, 6.45) is 8.13. The zero-order chi connectivity index (χ0) is 13.5. The molecular weight excluding hydrogens is 238 g/mol. The van der Waals surface area contributed by atoms with Crippen molar-refractivity contribution in [3.05, 3.63) is 23.9 Å². The maximum atomic E-state index is 12.1. The third kappa shape index (κ3) is 4.23. The second-order valence-electron chi connectivity index (χ2n) is 5.17. The Morgan fingerprint density at radius 3 is 2.89 bits per heavy atom. The summed E-state index contributed by atoms with van der Waals surface area (Å²) in [4.78, 5) is 16.2. The number of nitrogens with zero attached hydrogens (tertiary/aromatic N) is 1. The predicted molar refractivity (Wildman–Crippen MR) is 77.3 cm³/mol. The number of hydrogen-bond donors (Lipinski definition) is 2. The van der Waals surface area contributed by atoms with Crippen molar-refractivity contribution < 1.29 is 4.79 Å². The van der Waals surface area contributed by atoms with Gasteiger partial charge in [-0.3, -0.25) is 4.79 Å². The summed E-state index contributed by atoms with van der Waals surface area (Å²) >= 11 is 0. The van der Waals surface area contributed by atoms with Gasteiger partial charge in [0.1, 0.15) is 5.82 Å². The van der Waals surface area contributed by atoms with E-state index in [1.54, 1.807) is 18.3 Å². The van der Waals surface area contributed by atoms with Crippen molar-refractivity contribution in [2.75, 3.05) is 18.4 Å². The van der Waals surface area contributed by atoms with Crippen molar-refractivity contribution in [3.63, 3.8) is 0 Å². The van der Waals surface area contributed by atoms with Gasteiger partial charge in [-0.2, -0.15) is 0 Å². The van der Waals surface area contributed by atoms with Gasteiger partial charge in [0, 0.05) is 24.8 Å². The van der Waals surface area contributed by atoms with Crippen molar-refractivity contribution in [2.45, 2.75) is 39.0 Å². The monoisotopic (exact) mass is 261 g/mol. The number of hydrogen-bond acceptors (Lipinski definition) is 3. The zero-order valence-electron chi connectivity index (χ0n) is 11.6. The molecule has 0 atom stereocenters. The molecule has 1 fully saturated rings. The van der Waals surface area contributed by atoms with E-state index in [-0.39, 0.29) is 5.91 Å². The van der Waals surface area contributed by atoms with Crippen molar-refractivity contribution in [1.29, 1.82) is 0 Å². The molecule has 19 heavy (non-hydrogen) atoms. The van der Waals surface area contributed by atoms with E-state index in [2.05, 4.69) is 15.6 Å². The minimum absolute atomic E-state index is 0.00660. The molecule has 2 rings (SSSR count). The lowest BCUT2D eigenvalue weighted by Crippen LogP contribution is -2.30. The lowest BCUT2D eigenvalue weighted by Gasteiger charge is -2.21. The fourth-order valence-electron chi connectivity index (χ4n) is 2.58. The number of anilines is 1. The van der Waals surface area contributed by atoms with Crippen LogP contribution < -0.4 is 10.6 Å². The summed E-state index contributed by atoms with van der Waals surface area (Å²) in [5.41, 5.74) is 0.682. The van der Waals surface area contributed by atoms with E-state index in [0.717, 1.165) is 18.9 Å². The second kappa shape index (κ2) is 7.12. The number of pyridine rings is 1. The standard InChI is InChI=1S/C15H23N3O/c1-2-16-14-10-13(8-9-17-14)15(19)18-11-12-6-4-3-5-7-12/h8-10,12H,2-7,11H2,1H3,(H,16,17)(H,18,19). The zero-order valence-corrected chi connectivity index (χ0v) is 11.6. The molecular formula is C15H23N3O. The Labute approximate surface area is 115 Å². The van der Waals surface area contributed by atoms with Gasteiger partial charge in [0.2, 0.25) is 0 Å². The molecule has 1 aliphatic carbocycles. The molecule has 0 unspecified atom stereocenters. The first-order valence-corrected chi connectivity index (χ1v) is 7.27. The molecule has 104 valence electrons. The van der Waals surface area contributed by atoms with E-state index < -0.39 is 0 Å². The van der Waals surface area contributed by atoms with Gasteiger partial charge in [0.15, 0.2) is 0 Å². The molecule has 4 nitrogen and oxygen atoms in total. The highest BCUT2D eigenvalue weighted by Crippen LogP contribution is 2.22. The number of nitrogens with one attached hydrogen (secondary N) is 2. The van der Waals surface area contributed by atoms with Crippen LogP contribution >= 0.6 is 0 Å². The quantitative estimate of drug-likeness (QED) is 0.857. The van der Waals surface area contributed by atoms with Crippen molar-refractivity contribution in [1.82, 2.24) is 10.3 Å². The van der Waals surface area contributed by atoms with Gasteiger partial charge >= 0.3 is 0 Å². The fourth-order valence-corrected chi connectivity index (χ4v) is 2.58. The summed E-state index contributed by atoms with van der Waals surface area (Å²) in [6.45, 7) is 3.62. The lowest BCUT2D eigenvalue weighted by atomic mass is 9.89. The lowest BCUT2D eigenvalue weighted by molar-refractivity contribution is 0.0943. The average Bonchev–Trinajstić information content (AvgIpc) is 2.46. The molecule has 1 aromatic rings. The molecule has 0 saturated heterocycles. The average molecular weight is 261 g/mol.